The van der Waals surface area contributed by atoms with Crippen LogP contribution in [0.1, 0.15) is 24.0 Å². The van der Waals surface area contributed by atoms with Crippen LogP contribution in [0.4, 0.5) is 0 Å². The summed E-state index contributed by atoms with van der Waals surface area (Å²) in [5.74, 6) is 0.585. The first-order valence-corrected chi connectivity index (χ1v) is 6.68. The third-order valence-corrected chi connectivity index (χ3v) is 4.07. The lowest BCUT2D eigenvalue weighted by atomic mass is 9.77. The number of hydrogen-bond donors (Lipinski definition) is 2. The molecule has 3 heterocycles. The van der Waals surface area contributed by atoms with E-state index in [1.165, 1.54) is 0 Å². The monoisotopic (exact) mass is 264 g/mol. The Morgan fingerprint density at radius 2 is 2.11 bits per heavy atom. The summed E-state index contributed by atoms with van der Waals surface area (Å²) in [6, 6.07) is 2.32. The topological polar surface area (TPSA) is 63.6 Å². The van der Waals surface area contributed by atoms with Crippen molar-refractivity contribution in [1.29, 1.82) is 0 Å². The van der Waals surface area contributed by atoms with Crippen LogP contribution < -0.4 is 10.1 Å². The summed E-state index contributed by atoms with van der Waals surface area (Å²) < 4.78 is 10.6. The molecule has 2 aliphatic rings. The zero-order chi connectivity index (χ0) is 13.5. The maximum absolute atomic E-state index is 11.0. The molecule has 3 rings (SSSR count). The molecule has 5 heteroatoms. The SMILES string of the molecule is COc1cc(C)c(C2(O)CC3COCC(C2)N3)cn1. The van der Waals surface area contributed by atoms with Crippen LogP contribution >= 0.6 is 0 Å². The molecule has 104 valence electrons. The zero-order valence-electron chi connectivity index (χ0n) is 11.3. The van der Waals surface area contributed by atoms with Crippen LogP contribution in [0.2, 0.25) is 0 Å². The van der Waals surface area contributed by atoms with Gasteiger partial charge in [0.05, 0.1) is 25.9 Å². The second-order valence-corrected chi connectivity index (χ2v) is 5.58. The molecule has 2 saturated heterocycles. The summed E-state index contributed by atoms with van der Waals surface area (Å²) in [7, 11) is 1.60. The number of aromatic nitrogens is 1. The average molecular weight is 264 g/mol. The van der Waals surface area contributed by atoms with Gasteiger partial charge in [0.25, 0.3) is 0 Å². The molecule has 0 aliphatic carbocycles. The zero-order valence-corrected chi connectivity index (χ0v) is 11.3. The first-order valence-electron chi connectivity index (χ1n) is 6.68. The normalized spacial score (nSPS) is 34.1. The molecule has 2 N–H and O–H groups in total. The number of methoxy groups -OCH3 is 1. The fourth-order valence-corrected chi connectivity index (χ4v) is 3.27. The van der Waals surface area contributed by atoms with Crippen molar-refractivity contribution in [3.05, 3.63) is 23.4 Å². The summed E-state index contributed by atoms with van der Waals surface area (Å²) in [5.41, 5.74) is 1.12. The minimum Gasteiger partial charge on any atom is -0.481 e. The van der Waals surface area contributed by atoms with E-state index in [4.69, 9.17) is 9.47 Å². The molecule has 2 bridgehead atoms. The van der Waals surface area contributed by atoms with Crippen molar-refractivity contribution in [2.75, 3.05) is 20.3 Å². The highest BCUT2D eigenvalue weighted by Gasteiger charge is 2.43. The highest BCUT2D eigenvalue weighted by atomic mass is 16.5. The van der Waals surface area contributed by atoms with Crippen LogP contribution in [0, 0.1) is 6.92 Å². The molecule has 5 nitrogen and oxygen atoms in total. The van der Waals surface area contributed by atoms with Crippen LogP contribution in [0.25, 0.3) is 0 Å². The second kappa shape index (κ2) is 4.74. The number of pyridine rings is 1. The molecule has 0 radical (unpaired) electrons. The van der Waals surface area contributed by atoms with Crippen molar-refractivity contribution in [3.8, 4) is 5.88 Å². The predicted octanol–water partition coefficient (Wildman–Crippen LogP) is 0.737. The van der Waals surface area contributed by atoms with E-state index in [0.717, 1.165) is 11.1 Å². The minimum atomic E-state index is -0.812. The van der Waals surface area contributed by atoms with Crippen LogP contribution in [0.15, 0.2) is 12.3 Å². The van der Waals surface area contributed by atoms with Gasteiger partial charge in [0.15, 0.2) is 0 Å². The van der Waals surface area contributed by atoms with Crippen LogP contribution in [0.5, 0.6) is 5.88 Å². The third-order valence-electron chi connectivity index (χ3n) is 4.07. The van der Waals surface area contributed by atoms with Crippen molar-refractivity contribution in [3.63, 3.8) is 0 Å². The highest BCUT2D eigenvalue weighted by Crippen LogP contribution is 2.38. The average Bonchev–Trinajstić information content (AvgIpc) is 2.37. The maximum atomic E-state index is 11.0. The van der Waals surface area contributed by atoms with E-state index in [1.807, 2.05) is 13.0 Å². The molecule has 19 heavy (non-hydrogen) atoms. The lowest BCUT2D eigenvalue weighted by Gasteiger charge is -2.45. The number of aliphatic hydroxyl groups is 1. The van der Waals surface area contributed by atoms with E-state index in [-0.39, 0.29) is 12.1 Å². The first kappa shape index (κ1) is 12.8. The first-order chi connectivity index (χ1) is 9.10. The molecular weight excluding hydrogens is 244 g/mol. The number of morpholine rings is 1. The predicted molar refractivity (Wildman–Crippen MR) is 70.2 cm³/mol. The van der Waals surface area contributed by atoms with E-state index >= 15 is 0 Å². The smallest absolute Gasteiger partial charge is 0.213 e. The lowest BCUT2D eigenvalue weighted by molar-refractivity contribution is -0.0806. The molecule has 2 unspecified atom stereocenters. The maximum Gasteiger partial charge on any atom is 0.213 e. The van der Waals surface area contributed by atoms with Gasteiger partial charge >= 0.3 is 0 Å². The Labute approximate surface area is 112 Å². The Bertz CT molecular complexity index is 466. The number of fused-ring (bicyclic) bond motifs is 2. The molecule has 2 fully saturated rings. The minimum absolute atomic E-state index is 0.221. The van der Waals surface area contributed by atoms with E-state index in [9.17, 15) is 5.11 Å². The molecule has 0 amide bonds. The second-order valence-electron chi connectivity index (χ2n) is 5.58. The van der Waals surface area contributed by atoms with E-state index in [2.05, 4.69) is 10.3 Å². The van der Waals surface area contributed by atoms with Gasteiger partial charge in [0.1, 0.15) is 0 Å². The van der Waals surface area contributed by atoms with Crippen molar-refractivity contribution >= 4 is 0 Å². The fraction of sp³-hybridized carbons (Fsp3) is 0.643. The van der Waals surface area contributed by atoms with Gasteiger partial charge in [0.2, 0.25) is 5.88 Å². The van der Waals surface area contributed by atoms with Gasteiger partial charge in [-0.1, -0.05) is 0 Å². The van der Waals surface area contributed by atoms with Crippen molar-refractivity contribution in [2.45, 2.75) is 37.5 Å². The van der Waals surface area contributed by atoms with Gasteiger partial charge < -0.3 is 19.9 Å². The van der Waals surface area contributed by atoms with Crippen LogP contribution in [-0.2, 0) is 10.3 Å². The summed E-state index contributed by atoms with van der Waals surface area (Å²) in [6.45, 7) is 3.33. The van der Waals surface area contributed by atoms with Gasteiger partial charge in [0, 0.05) is 29.9 Å². The van der Waals surface area contributed by atoms with Gasteiger partial charge in [-0.15, -0.1) is 0 Å². The number of hydrogen-bond acceptors (Lipinski definition) is 5. The Balaban J connectivity index is 1.91. The number of ether oxygens (including phenoxy) is 2. The molecule has 1 aromatic heterocycles. The Morgan fingerprint density at radius 3 is 2.68 bits per heavy atom. The number of rotatable bonds is 2. The molecule has 0 spiro atoms. The molecule has 2 aliphatic heterocycles. The Kier molecular flexibility index (Phi) is 3.20. The van der Waals surface area contributed by atoms with E-state index in [1.54, 1.807) is 13.3 Å². The Morgan fingerprint density at radius 1 is 1.42 bits per heavy atom. The lowest BCUT2D eigenvalue weighted by Crippen LogP contribution is -2.58. The van der Waals surface area contributed by atoms with Crippen molar-refractivity contribution in [1.82, 2.24) is 10.3 Å². The van der Waals surface area contributed by atoms with Crippen LogP contribution in [0.3, 0.4) is 0 Å². The standard InChI is InChI=1S/C14H20N2O3/c1-9-3-13(18-2)15-6-12(9)14(17)4-10-7-19-8-11(5-14)16-10/h3,6,10-11,16-17H,4-5,7-8H2,1-2H3. The largest absolute Gasteiger partial charge is 0.481 e. The molecule has 2 atom stereocenters. The molecule has 1 aromatic rings. The summed E-state index contributed by atoms with van der Waals surface area (Å²) >= 11 is 0. The van der Waals surface area contributed by atoms with Crippen LogP contribution in [-0.4, -0.2) is 42.5 Å². The Hall–Kier alpha value is -1.17. The van der Waals surface area contributed by atoms with Gasteiger partial charge in [-0.05, 0) is 25.3 Å². The van der Waals surface area contributed by atoms with Gasteiger partial charge in [-0.3, -0.25) is 0 Å². The fourth-order valence-electron chi connectivity index (χ4n) is 3.27. The molecular formula is C14H20N2O3. The highest BCUT2D eigenvalue weighted by molar-refractivity contribution is 5.33. The number of aryl methyl sites for hydroxylation is 1. The van der Waals surface area contributed by atoms with Gasteiger partial charge in [-0.25, -0.2) is 4.98 Å². The third kappa shape index (κ3) is 2.33. The number of piperidine rings is 1. The quantitative estimate of drug-likeness (QED) is 0.825. The van der Waals surface area contributed by atoms with Gasteiger partial charge in [-0.2, -0.15) is 0 Å². The summed E-state index contributed by atoms with van der Waals surface area (Å²) in [5, 5.41) is 14.5. The van der Waals surface area contributed by atoms with Crippen molar-refractivity contribution < 1.29 is 14.6 Å². The molecule has 0 aromatic carbocycles. The summed E-state index contributed by atoms with van der Waals surface area (Å²) in [4.78, 5) is 4.24. The van der Waals surface area contributed by atoms with E-state index < -0.39 is 5.60 Å². The number of nitrogens with one attached hydrogen (secondary N) is 1. The molecule has 0 saturated carbocycles. The van der Waals surface area contributed by atoms with E-state index in [0.29, 0.717) is 31.9 Å². The summed E-state index contributed by atoms with van der Waals surface area (Å²) in [6.07, 6.45) is 3.08. The number of nitrogens with zero attached hydrogens (tertiary/aromatic N) is 1. The van der Waals surface area contributed by atoms with Crippen molar-refractivity contribution in [2.24, 2.45) is 0 Å².